The molecule has 2 aliphatic rings. The second-order valence-electron chi connectivity index (χ2n) is 6.56. The highest BCUT2D eigenvalue weighted by Gasteiger charge is 2.42. The molecule has 0 radical (unpaired) electrons. The second kappa shape index (κ2) is 6.46. The van der Waals surface area contributed by atoms with Gasteiger partial charge in [0.25, 0.3) is 5.56 Å². The molecule has 0 aromatic carbocycles. The standard InChI is InChI=1S/C18H19N3O2S2/c1-9(2)25-18-20-16-15(17(23)21-18)14(12-7-4-8-24-12)13-10(19-16)5-3-6-11(13)22/h4-5,7-9,13-14H,3,6H2,1-2H3,(H2,19,20,21,23)/t13-,14-/m1/s1. The van der Waals surface area contributed by atoms with Crippen molar-refractivity contribution < 1.29 is 4.79 Å². The minimum absolute atomic E-state index is 0.156. The Hall–Kier alpha value is -1.86. The van der Waals surface area contributed by atoms with Gasteiger partial charge in [0.1, 0.15) is 11.6 Å². The number of ketones is 1. The smallest absolute Gasteiger partial charge is 0.257 e. The van der Waals surface area contributed by atoms with E-state index in [0.29, 0.717) is 28.2 Å². The van der Waals surface area contributed by atoms with Crippen LogP contribution in [0.1, 0.15) is 43.0 Å². The lowest BCUT2D eigenvalue weighted by Gasteiger charge is -2.36. The van der Waals surface area contributed by atoms with Crippen LogP contribution in [-0.4, -0.2) is 21.0 Å². The summed E-state index contributed by atoms with van der Waals surface area (Å²) in [7, 11) is 0. The van der Waals surface area contributed by atoms with Crippen LogP contribution in [-0.2, 0) is 4.79 Å². The summed E-state index contributed by atoms with van der Waals surface area (Å²) in [6, 6.07) is 3.96. The van der Waals surface area contributed by atoms with Gasteiger partial charge in [-0.2, -0.15) is 0 Å². The molecule has 2 N–H and O–H groups in total. The zero-order chi connectivity index (χ0) is 17.6. The molecular formula is C18H19N3O2S2. The number of allylic oxidation sites excluding steroid dienone is 2. The van der Waals surface area contributed by atoms with Crippen LogP contribution in [0.2, 0.25) is 0 Å². The van der Waals surface area contributed by atoms with Crippen molar-refractivity contribution in [3.63, 3.8) is 0 Å². The largest absolute Gasteiger partial charge is 0.343 e. The van der Waals surface area contributed by atoms with Crippen LogP contribution in [0.4, 0.5) is 5.82 Å². The summed E-state index contributed by atoms with van der Waals surface area (Å²) in [5, 5.41) is 6.19. The Morgan fingerprint density at radius 2 is 2.16 bits per heavy atom. The Labute approximate surface area is 154 Å². The third kappa shape index (κ3) is 2.95. The van der Waals surface area contributed by atoms with Gasteiger partial charge in [-0.05, 0) is 17.9 Å². The number of rotatable bonds is 3. The first kappa shape index (κ1) is 16.6. The van der Waals surface area contributed by atoms with Gasteiger partial charge in [0.05, 0.1) is 11.5 Å². The van der Waals surface area contributed by atoms with Gasteiger partial charge in [-0.1, -0.05) is 37.8 Å². The topological polar surface area (TPSA) is 74.8 Å². The van der Waals surface area contributed by atoms with Crippen LogP contribution >= 0.6 is 23.1 Å². The fourth-order valence-corrected chi connectivity index (χ4v) is 5.14. The maximum absolute atomic E-state index is 12.9. The fraction of sp³-hybridized carbons (Fsp3) is 0.389. The number of anilines is 1. The first-order valence-corrected chi connectivity index (χ1v) is 10.1. The van der Waals surface area contributed by atoms with Crippen LogP contribution < -0.4 is 10.9 Å². The third-order valence-electron chi connectivity index (χ3n) is 4.47. The van der Waals surface area contributed by atoms with Crippen LogP contribution in [0, 0.1) is 5.92 Å². The van der Waals surface area contributed by atoms with E-state index in [9.17, 15) is 9.59 Å². The molecule has 4 rings (SSSR count). The summed E-state index contributed by atoms with van der Waals surface area (Å²) in [5.74, 6) is 0.202. The lowest BCUT2D eigenvalue weighted by atomic mass is 9.74. The first-order chi connectivity index (χ1) is 12.0. The number of hydrogen-bond donors (Lipinski definition) is 2. The van der Waals surface area contributed by atoms with Crippen molar-refractivity contribution in [1.82, 2.24) is 9.97 Å². The zero-order valence-electron chi connectivity index (χ0n) is 14.0. The molecule has 0 saturated heterocycles. The van der Waals surface area contributed by atoms with Crippen molar-refractivity contribution in [3.8, 4) is 0 Å². The molecular weight excluding hydrogens is 354 g/mol. The minimum Gasteiger partial charge on any atom is -0.343 e. The predicted octanol–water partition coefficient (Wildman–Crippen LogP) is 3.75. The molecule has 5 nitrogen and oxygen atoms in total. The molecule has 0 amide bonds. The second-order valence-corrected chi connectivity index (χ2v) is 9.10. The average molecular weight is 374 g/mol. The van der Waals surface area contributed by atoms with E-state index in [1.54, 1.807) is 11.3 Å². The van der Waals surface area contributed by atoms with E-state index in [2.05, 4.69) is 35.2 Å². The van der Waals surface area contributed by atoms with E-state index >= 15 is 0 Å². The van der Waals surface area contributed by atoms with E-state index in [4.69, 9.17) is 0 Å². The number of carbonyl (C=O) groups excluding carboxylic acids is 1. The first-order valence-electron chi connectivity index (χ1n) is 8.38. The number of H-pyrrole nitrogens is 1. The highest BCUT2D eigenvalue weighted by Crippen LogP contribution is 2.46. The monoisotopic (exact) mass is 373 g/mol. The molecule has 0 saturated carbocycles. The Bertz CT molecular complexity index is 900. The summed E-state index contributed by atoms with van der Waals surface area (Å²) in [4.78, 5) is 34.1. The number of fused-ring (bicyclic) bond motifs is 2. The Morgan fingerprint density at radius 3 is 2.88 bits per heavy atom. The molecule has 0 unspecified atom stereocenters. The number of Topliss-reactive ketones (excluding diaryl/α,β-unsaturated/α-hetero) is 1. The van der Waals surface area contributed by atoms with Gasteiger partial charge in [-0.3, -0.25) is 9.59 Å². The molecule has 25 heavy (non-hydrogen) atoms. The Kier molecular flexibility index (Phi) is 4.29. The zero-order valence-corrected chi connectivity index (χ0v) is 15.7. The maximum Gasteiger partial charge on any atom is 0.257 e. The van der Waals surface area contributed by atoms with E-state index in [-0.39, 0.29) is 23.2 Å². The lowest BCUT2D eigenvalue weighted by molar-refractivity contribution is -0.122. The van der Waals surface area contributed by atoms with Crippen LogP contribution in [0.5, 0.6) is 0 Å². The van der Waals surface area contributed by atoms with Crippen molar-refractivity contribution in [2.45, 2.75) is 43.0 Å². The summed E-state index contributed by atoms with van der Waals surface area (Å²) in [6.45, 7) is 4.12. The molecule has 0 bridgehead atoms. The van der Waals surface area contributed by atoms with Crippen LogP contribution in [0.15, 0.2) is 39.2 Å². The lowest BCUT2D eigenvalue weighted by Crippen LogP contribution is -2.38. The van der Waals surface area contributed by atoms with Crippen molar-refractivity contribution in [2.24, 2.45) is 5.92 Å². The molecule has 3 heterocycles. The third-order valence-corrected chi connectivity index (χ3v) is 6.32. The van der Waals surface area contributed by atoms with Crippen molar-refractivity contribution >= 4 is 34.7 Å². The summed E-state index contributed by atoms with van der Waals surface area (Å²) in [5.41, 5.74) is 1.31. The molecule has 1 aliphatic heterocycles. The van der Waals surface area contributed by atoms with Gasteiger partial charge < -0.3 is 10.3 Å². The van der Waals surface area contributed by atoms with Crippen molar-refractivity contribution in [2.75, 3.05) is 5.32 Å². The van der Waals surface area contributed by atoms with Crippen LogP contribution in [0.25, 0.3) is 0 Å². The number of nitrogens with one attached hydrogen (secondary N) is 2. The van der Waals surface area contributed by atoms with Crippen molar-refractivity contribution in [1.29, 1.82) is 0 Å². The van der Waals surface area contributed by atoms with E-state index in [1.165, 1.54) is 11.8 Å². The van der Waals surface area contributed by atoms with Gasteiger partial charge in [0.15, 0.2) is 5.16 Å². The molecule has 1 aliphatic carbocycles. The maximum atomic E-state index is 12.9. The number of hydrogen-bond acceptors (Lipinski definition) is 6. The molecule has 0 fully saturated rings. The predicted molar refractivity (Wildman–Crippen MR) is 101 cm³/mol. The Balaban J connectivity index is 1.90. The summed E-state index contributed by atoms with van der Waals surface area (Å²) >= 11 is 3.10. The number of aromatic nitrogens is 2. The summed E-state index contributed by atoms with van der Waals surface area (Å²) < 4.78 is 0. The van der Waals surface area contributed by atoms with Gasteiger partial charge in [-0.15, -0.1) is 11.3 Å². The number of carbonyl (C=O) groups is 1. The summed E-state index contributed by atoms with van der Waals surface area (Å²) in [6.07, 6.45) is 3.34. The van der Waals surface area contributed by atoms with Crippen molar-refractivity contribution in [3.05, 3.63) is 50.1 Å². The fourth-order valence-electron chi connectivity index (χ4n) is 3.52. The van der Waals surface area contributed by atoms with Gasteiger partial charge >= 0.3 is 0 Å². The Morgan fingerprint density at radius 1 is 1.32 bits per heavy atom. The van der Waals surface area contributed by atoms with Gasteiger partial charge in [-0.25, -0.2) is 4.98 Å². The van der Waals surface area contributed by atoms with E-state index in [1.807, 2.05) is 17.5 Å². The molecule has 130 valence electrons. The number of thioether (sulfide) groups is 1. The van der Waals surface area contributed by atoms with Crippen LogP contribution in [0.3, 0.4) is 0 Å². The van der Waals surface area contributed by atoms with Gasteiger partial charge in [0, 0.05) is 28.2 Å². The average Bonchev–Trinajstić information content (AvgIpc) is 3.06. The highest BCUT2D eigenvalue weighted by molar-refractivity contribution is 7.99. The van der Waals surface area contributed by atoms with E-state index < -0.39 is 0 Å². The number of thiophene rings is 1. The normalized spacial score (nSPS) is 22.2. The van der Waals surface area contributed by atoms with E-state index in [0.717, 1.165) is 17.0 Å². The molecule has 0 spiro atoms. The molecule has 2 atom stereocenters. The molecule has 7 heteroatoms. The minimum atomic E-state index is -0.314. The highest BCUT2D eigenvalue weighted by atomic mass is 32.2. The molecule has 2 aromatic rings. The molecule has 2 aromatic heterocycles. The number of nitrogens with zero attached hydrogens (tertiary/aromatic N) is 1. The van der Waals surface area contributed by atoms with Gasteiger partial charge in [0.2, 0.25) is 0 Å². The number of aromatic amines is 1. The SMILES string of the molecule is CC(C)Sc1nc2c(c(=O)[nH]1)[C@H](c1cccs1)[C@H]1C(=O)CCC=C1N2. The quantitative estimate of drug-likeness (QED) is 0.633.